The molecule has 2 heteroatoms. The van der Waals surface area contributed by atoms with Crippen LogP contribution in [0.2, 0.25) is 0 Å². The third-order valence-electron chi connectivity index (χ3n) is 3.66. The molecule has 0 aromatic rings. The van der Waals surface area contributed by atoms with Gasteiger partial charge in [0.25, 0.3) is 0 Å². The molecule has 0 rings (SSSR count). The van der Waals surface area contributed by atoms with E-state index in [9.17, 15) is 4.79 Å². The molecule has 0 spiro atoms. The molecular weight excluding hydrogens is 240 g/mol. The van der Waals surface area contributed by atoms with E-state index >= 15 is 0 Å². The molecular formula is C16H32OS. The van der Waals surface area contributed by atoms with Crippen molar-refractivity contribution in [2.24, 2.45) is 5.92 Å². The molecule has 18 heavy (non-hydrogen) atoms. The lowest BCUT2D eigenvalue weighted by atomic mass is 9.95. The zero-order valence-corrected chi connectivity index (χ0v) is 13.3. The van der Waals surface area contributed by atoms with Crippen LogP contribution in [0.1, 0.15) is 84.5 Å². The molecule has 0 fully saturated rings. The average molecular weight is 272 g/mol. The van der Waals surface area contributed by atoms with Crippen molar-refractivity contribution in [3.05, 3.63) is 0 Å². The average Bonchev–Trinajstić information content (AvgIpc) is 2.38. The molecule has 0 saturated carbocycles. The van der Waals surface area contributed by atoms with E-state index in [0.717, 1.165) is 19.1 Å². The fourth-order valence-electron chi connectivity index (χ4n) is 2.33. The number of hydrogen-bond donors (Lipinski definition) is 1. The zero-order chi connectivity index (χ0) is 13.6. The standard InChI is InChI=1S/C16H32OS/c1-3-5-7-8-9-11-12-15(14-17)16(18)13-10-6-4-2/h14-16,18H,3-13H2,1-2H3. The summed E-state index contributed by atoms with van der Waals surface area (Å²) in [4.78, 5) is 11.1. The van der Waals surface area contributed by atoms with Crippen LogP contribution in [0.15, 0.2) is 0 Å². The summed E-state index contributed by atoms with van der Waals surface area (Å²) in [5.41, 5.74) is 0. The Morgan fingerprint density at radius 1 is 0.833 bits per heavy atom. The van der Waals surface area contributed by atoms with Crippen molar-refractivity contribution in [2.75, 3.05) is 0 Å². The molecule has 0 aliphatic heterocycles. The molecule has 0 radical (unpaired) electrons. The molecule has 0 N–H and O–H groups in total. The van der Waals surface area contributed by atoms with Crippen molar-refractivity contribution in [1.29, 1.82) is 0 Å². The van der Waals surface area contributed by atoms with E-state index < -0.39 is 0 Å². The summed E-state index contributed by atoms with van der Waals surface area (Å²) >= 11 is 4.61. The lowest BCUT2D eigenvalue weighted by Crippen LogP contribution is -2.16. The summed E-state index contributed by atoms with van der Waals surface area (Å²) in [5.74, 6) is 0.177. The Kier molecular flexibility index (Phi) is 13.5. The monoisotopic (exact) mass is 272 g/mol. The van der Waals surface area contributed by atoms with Gasteiger partial charge >= 0.3 is 0 Å². The zero-order valence-electron chi connectivity index (χ0n) is 12.4. The van der Waals surface area contributed by atoms with Crippen LogP contribution >= 0.6 is 12.6 Å². The molecule has 0 aromatic heterocycles. The highest BCUT2D eigenvalue weighted by atomic mass is 32.1. The predicted molar refractivity (Wildman–Crippen MR) is 84.5 cm³/mol. The highest BCUT2D eigenvalue weighted by Gasteiger charge is 2.16. The molecule has 0 heterocycles. The van der Waals surface area contributed by atoms with Gasteiger partial charge in [-0.15, -0.1) is 0 Å². The quantitative estimate of drug-likeness (QED) is 0.269. The second-order valence-electron chi connectivity index (χ2n) is 5.42. The van der Waals surface area contributed by atoms with Gasteiger partial charge in [-0.2, -0.15) is 12.6 Å². The van der Waals surface area contributed by atoms with Crippen molar-refractivity contribution in [3.63, 3.8) is 0 Å². The van der Waals surface area contributed by atoms with E-state index in [1.807, 2.05) is 0 Å². The molecule has 108 valence electrons. The van der Waals surface area contributed by atoms with Gasteiger partial charge in [0.2, 0.25) is 0 Å². The minimum atomic E-state index is 0.177. The minimum Gasteiger partial charge on any atom is -0.303 e. The molecule has 2 unspecified atom stereocenters. The Bertz CT molecular complexity index is 182. The number of hydrogen-bond acceptors (Lipinski definition) is 2. The van der Waals surface area contributed by atoms with Gasteiger partial charge in [0.15, 0.2) is 0 Å². The van der Waals surface area contributed by atoms with Crippen LogP contribution in [0.5, 0.6) is 0 Å². The lowest BCUT2D eigenvalue weighted by molar-refractivity contribution is -0.111. The van der Waals surface area contributed by atoms with Crippen LogP contribution < -0.4 is 0 Å². The number of aldehydes is 1. The second-order valence-corrected chi connectivity index (χ2v) is 6.08. The Morgan fingerprint density at radius 3 is 1.94 bits per heavy atom. The number of rotatable bonds is 13. The molecule has 0 aromatic carbocycles. The summed E-state index contributed by atoms with van der Waals surface area (Å²) in [5, 5.41) is 0.282. The van der Waals surface area contributed by atoms with Gasteiger partial charge in [0, 0.05) is 11.2 Å². The van der Waals surface area contributed by atoms with Gasteiger partial charge in [-0.05, 0) is 12.8 Å². The van der Waals surface area contributed by atoms with Crippen LogP contribution in [0, 0.1) is 5.92 Å². The van der Waals surface area contributed by atoms with Crippen LogP contribution in [-0.4, -0.2) is 11.5 Å². The highest BCUT2D eigenvalue weighted by Crippen LogP contribution is 2.21. The van der Waals surface area contributed by atoms with Crippen molar-refractivity contribution in [3.8, 4) is 0 Å². The number of thiol groups is 1. The van der Waals surface area contributed by atoms with E-state index in [0.29, 0.717) is 0 Å². The molecule has 0 bridgehead atoms. The smallest absolute Gasteiger partial charge is 0.124 e. The number of carbonyl (C=O) groups is 1. The van der Waals surface area contributed by atoms with E-state index in [4.69, 9.17) is 0 Å². The first-order chi connectivity index (χ1) is 8.76. The highest BCUT2D eigenvalue weighted by molar-refractivity contribution is 7.81. The van der Waals surface area contributed by atoms with Crippen molar-refractivity contribution in [2.45, 2.75) is 89.7 Å². The molecule has 0 aliphatic rings. The first-order valence-corrected chi connectivity index (χ1v) is 8.41. The van der Waals surface area contributed by atoms with E-state index in [1.165, 1.54) is 57.8 Å². The second kappa shape index (κ2) is 13.5. The van der Waals surface area contributed by atoms with E-state index in [1.54, 1.807) is 0 Å². The predicted octanol–water partition coefficient (Wildman–Crippen LogP) is 5.43. The Hall–Kier alpha value is 0.0200. The molecule has 0 amide bonds. The van der Waals surface area contributed by atoms with Crippen LogP contribution in [0.3, 0.4) is 0 Å². The summed E-state index contributed by atoms with van der Waals surface area (Å²) in [6.07, 6.45) is 14.8. The normalized spacial score (nSPS) is 14.4. The molecule has 1 nitrogen and oxygen atoms in total. The van der Waals surface area contributed by atoms with Gasteiger partial charge in [-0.25, -0.2) is 0 Å². The number of carbonyl (C=O) groups excluding carboxylic acids is 1. The van der Waals surface area contributed by atoms with Gasteiger partial charge in [-0.1, -0.05) is 71.6 Å². The van der Waals surface area contributed by atoms with Crippen LogP contribution in [0.25, 0.3) is 0 Å². The Labute approximate surface area is 120 Å². The fraction of sp³-hybridized carbons (Fsp3) is 0.938. The summed E-state index contributed by atoms with van der Waals surface area (Å²) in [7, 11) is 0. The van der Waals surface area contributed by atoms with Crippen molar-refractivity contribution >= 4 is 18.9 Å². The largest absolute Gasteiger partial charge is 0.303 e. The third kappa shape index (κ3) is 9.99. The molecule has 2 atom stereocenters. The van der Waals surface area contributed by atoms with E-state index in [2.05, 4.69) is 26.5 Å². The molecule has 0 aliphatic carbocycles. The van der Waals surface area contributed by atoms with Gasteiger partial charge in [0.1, 0.15) is 6.29 Å². The maximum absolute atomic E-state index is 11.1. The minimum absolute atomic E-state index is 0.177. The lowest BCUT2D eigenvalue weighted by Gasteiger charge is -2.17. The van der Waals surface area contributed by atoms with Gasteiger partial charge < -0.3 is 4.79 Å². The first kappa shape index (κ1) is 18.0. The topological polar surface area (TPSA) is 17.1 Å². The van der Waals surface area contributed by atoms with Crippen LogP contribution in [0.4, 0.5) is 0 Å². The number of unbranched alkanes of at least 4 members (excludes halogenated alkanes) is 7. The van der Waals surface area contributed by atoms with Crippen LogP contribution in [-0.2, 0) is 4.79 Å². The summed E-state index contributed by atoms with van der Waals surface area (Å²) in [6.45, 7) is 4.45. The van der Waals surface area contributed by atoms with Crippen molar-refractivity contribution < 1.29 is 4.79 Å². The molecule has 0 saturated heterocycles. The maximum Gasteiger partial charge on any atom is 0.124 e. The third-order valence-corrected chi connectivity index (χ3v) is 4.30. The SMILES string of the molecule is CCCCCCCCC(C=O)C(S)CCCCC. The fourth-order valence-corrected chi connectivity index (χ4v) is 2.73. The first-order valence-electron chi connectivity index (χ1n) is 7.89. The Balaban J connectivity index is 3.58. The van der Waals surface area contributed by atoms with E-state index in [-0.39, 0.29) is 11.2 Å². The van der Waals surface area contributed by atoms with Gasteiger partial charge in [-0.3, -0.25) is 0 Å². The summed E-state index contributed by atoms with van der Waals surface area (Å²) in [6, 6.07) is 0. The van der Waals surface area contributed by atoms with Gasteiger partial charge in [0.05, 0.1) is 0 Å². The maximum atomic E-state index is 11.1. The van der Waals surface area contributed by atoms with Crippen molar-refractivity contribution in [1.82, 2.24) is 0 Å². The Morgan fingerprint density at radius 2 is 1.33 bits per heavy atom. The summed E-state index contributed by atoms with van der Waals surface area (Å²) < 4.78 is 0.